The molecule has 5 nitrogen and oxygen atoms in total. The fraction of sp³-hybridized carbons (Fsp3) is 0.138. The van der Waals surface area contributed by atoms with Crippen LogP contribution in [-0.4, -0.2) is 32.2 Å². The molecule has 36 heavy (non-hydrogen) atoms. The van der Waals surface area contributed by atoms with Crippen molar-refractivity contribution in [3.8, 4) is 22.6 Å². The number of amides is 1. The number of anilines is 1. The predicted octanol–water partition coefficient (Wildman–Crippen LogP) is 5.83. The van der Waals surface area contributed by atoms with Gasteiger partial charge in [0.05, 0.1) is 12.1 Å². The number of rotatable bonds is 7. The molecule has 0 spiro atoms. The molecule has 0 aromatic heterocycles. The van der Waals surface area contributed by atoms with Crippen molar-refractivity contribution < 1.29 is 24.5 Å². The van der Waals surface area contributed by atoms with E-state index in [1.54, 1.807) is 35.2 Å². The van der Waals surface area contributed by atoms with E-state index in [-0.39, 0.29) is 29.0 Å². The lowest BCUT2D eigenvalue weighted by Gasteiger charge is -2.47. The minimum Gasteiger partial charge on any atom is -0.508 e. The highest BCUT2D eigenvalue weighted by atomic mass is 32.2. The zero-order valence-corrected chi connectivity index (χ0v) is 20.0. The molecule has 3 atom stereocenters. The lowest BCUT2D eigenvalue weighted by molar-refractivity contribution is -0.123. The van der Waals surface area contributed by atoms with Crippen LogP contribution in [0.1, 0.15) is 23.3 Å². The van der Waals surface area contributed by atoms with Gasteiger partial charge in [-0.25, -0.2) is 4.39 Å². The van der Waals surface area contributed by atoms with Crippen LogP contribution in [0.5, 0.6) is 11.5 Å². The molecule has 182 valence electrons. The zero-order valence-electron chi connectivity index (χ0n) is 19.2. The van der Waals surface area contributed by atoms with Crippen LogP contribution < -0.4 is 4.90 Å². The molecule has 3 N–H and O–H groups in total. The van der Waals surface area contributed by atoms with Crippen LogP contribution in [0.2, 0.25) is 0 Å². The number of benzene rings is 4. The molecular weight excluding hydrogens is 477 g/mol. The van der Waals surface area contributed by atoms with Crippen molar-refractivity contribution in [3.63, 3.8) is 0 Å². The third-order valence-electron chi connectivity index (χ3n) is 6.30. The highest BCUT2D eigenvalue weighted by molar-refractivity contribution is 8.00. The quantitative estimate of drug-likeness (QED) is 0.278. The Hall–Kier alpha value is -3.81. The number of hydrogen-bond acceptors (Lipinski definition) is 5. The first-order valence-electron chi connectivity index (χ1n) is 11.5. The summed E-state index contributed by atoms with van der Waals surface area (Å²) in [5, 5.41) is 30.9. The summed E-state index contributed by atoms with van der Waals surface area (Å²) in [5.74, 6) is -0.0791. The van der Waals surface area contributed by atoms with Crippen molar-refractivity contribution in [2.24, 2.45) is 0 Å². The number of nitrogens with zero attached hydrogens (tertiary/aromatic N) is 1. The highest BCUT2D eigenvalue weighted by Gasteiger charge is 2.50. The second-order valence-electron chi connectivity index (χ2n) is 8.63. The number of aliphatic hydroxyl groups excluding tert-OH is 1. The molecule has 1 aliphatic heterocycles. The maximum atomic E-state index is 13.2. The number of aromatic hydroxyl groups is 2. The monoisotopic (exact) mass is 501 g/mol. The Morgan fingerprint density at radius 1 is 0.861 bits per heavy atom. The van der Waals surface area contributed by atoms with Crippen LogP contribution >= 0.6 is 11.8 Å². The first-order chi connectivity index (χ1) is 17.4. The molecule has 1 amide bonds. The van der Waals surface area contributed by atoms with Crippen molar-refractivity contribution >= 4 is 23.4 Å². The number of phenols is 2. The van der Waals surface area contributed by atoms with E-state index in [1.165, 1.54) is 36.0 Å². The van der Waals surface area contributed by atoms with Crippen LogP contribution in [0.4, 0.5) is 10.1 Å². The van der Waals surface area contributed by atoms with Crippen molar-refractivity contribution in [2.45, 2.75) is 17.4 Å². The van der Waals surface area contributed by atoms with Crippen molar-refractivity contribution in [2.75, 3.05) is 10.7 Å². The van der Waals surface area contributed by atoms with Gasteiger partial charge in [-0.2, -0.15) is 0 Å². The minimum absolute atomic E-state index is 0.0407. The maximum absolute atomic E-state index is 13.2. The van der Waals surface area contributed by atoms with Gasteiger partial charge in [0.25, 0.3) is 0 Å². The first-order valence-corrected chi connectivity index (χ1v) is 12.5. The molecule has 1 saturated heterocycles. The summed E-state index contributed by atoms with van der Waals surface area (Å²) in [6, 6.07) is 26.5. The Labute approximate surface area is 212 Å². The first kappa shape index (κ1) is 23.9. The van der Waals surface area contributed by atoms with Crippen molar-refractivity contribution in [3.05, 3.63) is 114 Å². The SMILES string of the molecule is O=C1[C@H](SC[C@H](O)c2ccc(F)cc2)[C@@H](c2ccc(-c3cccc(O)c3)cc2O)N1c1ccccc1. The summed E-state index contributed by atoms with van der Waals surface area (Å²) in [4.78, 5) is 14.9. The number of para-hydroxylation sites is 1. The Balaban J connectivity index is 1.43. The molecular formula is C29H24FNO4S. The molecule has 1 fully saturated rings. The molecule has 0 radical (unpaired) electrons. The largest absolute Gasteiger partial charge is 0.508 e. The van der Waals surface area contributed by atoms with E-state index in [2.05, 4.69) is 0 Å². The summed E-state index contributed by atoms with van der Waals surface area (Å²) < 4.78 is 13.2. The standard InChI is InChI=1S/C29H24FNO4S/c30-21-12-9-18(10-13-21)26(34)17-36-28-27(31(29(28)35)22-6-2-1-3-7-22)24-14-11-20(16-25(24)33)19-5-4-8-23(32)15-19/h1-16,26-28,32-34H,17H2/t26-,27+,28+/m0/s1. The van der Waals surface area contributed by atoms with E-state index >= 15 is 0 Å². The summed E-state index contributed by atoms with van der Waals surface area (Å²) >= 11 is 1.31. The fourth-order valence-corrected chi connectivity index (χ4v) is 5.73. The van der Waals surface area contributed by atoms with Gasteiger partial charge in [-0.3, -0.25) is 4.79 Å². The number of thioether (sulfide) groups is 1. The number of carbonyl (C=O) groups excluding carboxylic acids is 1. The Bertz CT molecular complexity index is 1380. The van der Waals surface area contributed by atoms with E-state index in [4.69, 9.17) is 0 Å². The van der Waals surface area contributed by atoms with Gasteiger partial charge in [0, 0.05) is 17.0 Å². The Morgan fingerprint density at radius 2 is 1.58 bits per heavy atom. The third-order valence-corrected chi connectivity index (χ3v) is 7.62. The molecule has 4 aromatic rings. The average Bonchev–Trinajstić information content (AvgIpc) is 2.88. The lowest BCUT2D eigenvalue weighted by Crippen LogP contribution is -2.57. The van der Waals surface area contributed by atoms with E-state index in [1.807, 2.05) is 42.5 Å². The second kappa shape index (κ2) is 10.0. The second-order valence-corrected chi connectivity index (χ2v) is 9.81. The number of carbonyl (C=O) groups is 1. The number of aliphatic hydroxyl groups is 1. The number of hydrogen-bond donors (Lipinski definition) is 3. The number of phenolic OH excluding ortho intramolecular Hbond substituents is 2. The average molecular weight is 502 g/mol. The van der Waals surface area contributed by atoms with Gasteiger partial charge in [0.1, 0.15) is 22.6 Å². The lowest BCUT2D eigenvalue weighted by atomic mass is 9.90. The highest BCUT2D eigenvalue weighted by Crippen LogP contribution is 2.48. The summed E-state index contributed by atoms with van der Waals surface area (Å²) in [6.07, 6.45) is -0.864. The zero-order chi connectivity index (χ0) is 25.2. The molecule has 1 aliphatic rings. The van der Waals surface area contributed by atoms with Gasteiger partial charge in [0.15, 0.2) is 0 Å². The van der Waals surface area contributed by atoms with E-state index in [0.29, 0.717) is 11.1 Å². The Morgan fingerprint density at radius 3 is 2.28 bits per heavy atom. The molecule has 7 heteroatoms. The minimum atomic E-state index is -0.864. The van der Waals surface area contributed by atoms with E-state index < -0.39 is 17.4 Å². The van der Waals surface area contributed by atoms with Gasteiger partial charge >= 0.3 is 0 Å². The smallest absolute Gasteiger partial charge is 0.243 e. The predicted molar refractivity (Wildman–Crippen MR) is 139 cm³/mol. The van der Waals surface area contributed by atoms with Crippen LogP contribution in [0.3, 0.4) is 0 Å². The van der Waals surface area contributed by atoms with Crippen molar-refractivity contribution in [1.29, 1.82) is 0 Å². The molecule has 0 aliphatic carbocycles. The molecule has 5 rings (SSSR count). The maximum Gasteiger partial charge on any atom is 0.243 e. The van der Waals surface area contributed by atoms with Gasteiger partial charge < -0.3 is 20.2 Å². The van der Waals surface area contributed by atoms with Gasteiger partial charge in [-0.15, -0.1) is 11.8 Å². The van der Waals surface area contributed by atoms with Crippen LogP contribution in [0, 0.1) is 5.82 Å². The van der Waals surface area contributed by atoms with Gasteiger partial charge in [-0.1, -0.05) is 54.6 Å². The van der Waals surface area contributed by atoms with E-state index in [0.717, 1.165) is 16.8 Å². The van der Waals surface area contributed by atoms with Crippen LogP contribution in [0.25, 0.3) is 11.1 Å². The van der Waals surface area contributed by atoms with E-state index in [9.17, 15) is 24.5 Å². The third kappa shape index (κ3) is 4.67. The summed E-state index contributed by atoms with van der Waals surface area (Å²) in [6.45, 7) is 0. The molecule has 0 saturated carbocycles. The number of halogens is 1. The summed E-state index contributed by atoms with van der Waals surface area (Å²) in [5.41, 5.74) is 3.39. The molecule has 1 heterocycles. The Kier molecular flexibility index (Phi) is 6.67. The van der Waals surface area contributed by atoms with Crippen LogP contribution in [0.15, 0.2) is 97.1 Å². The summed E-state index contributed by atoms with van der Waals surface area (Å²) in [7, 11) is 0. The number of β-lactam (4-membered cyclic amide) rings is 1. The topological polar surface area (TPSA) is 81.0 Å². The molecule has 0 bridgehead atoms. The molecule has 0 unspecified atom stereocenters. The van der Waals surface area contributed by atoms with Crippen LogP contribution in [-0.2, 0) is 4.79 Å². The van der Waals surface area contributed by atoms with Gasteiger partial charge in [-0.05, 0) is 59.2 Å². The normalized spacial score (nSPS) is 18.1. The fourth-order valence-electron chi connectivity index (χ4n) is 4.44. The van der Waals surface area contributed by atoms with Crippen molar-refractivity contribution in [1.82, 2.24) is 0 Å². The van der Waals surface area contributed by atoms with Gasteiger partial charge in [0.2, 0.25) is 5.91 Å². The molecule has 4 aromatic carbocycles.